The number of benzene rings is 5. The normalized spacial score (nSPS) is 19.3. The van der Waals surface area contributed by atoms with Gasteiger partial charge in [0.25, 0.3) is 0 Å². The van der Waals surface area contributed by atoms with Crippen molar-refractivity contribution in [1.29, 1.82) is 0 Å². The molecule has 0 spiro atoms. The van der Waals surface area contributed by atoms with Crippen LogP contribution in [-0.4, -0.2) is 19.6 Å². The van der Waals surface area contributed by atoms with Crippen LogP contribution in [0.1, 0.15) is 156 Å². The van der Waals surface area contributed by atoms with E-state index in [1.165, 1.54) is 0 Å². The standard InChI is InChI=1S/C60H71N3O/c1-35(2)44-26-45(36(3)4)28-47(27-44)42-21-22-55(40(10)25-42)63-56-16-14-15-51(57(56)62-59(63)53-33-46(37(5)6)32-52(38(7)8)58(53)64)48-29-49(31-50(30-48)60(11,12)13)54-34-43(23-24-61-54)41-19-17-39(9)18-20-41/h14-25,29-38,44-45,47,64H,26-28H2,1-13H3/i9D3,10D3,35D. The Labute approximate surface area is 394 Å². The molecule has 2 heterocycles. The molecule has 0 radical (unpaired) electrons. The van der Waals surface area contributed by atoms with Crippen LogP contribution in [-0.2, 0) is 5.41 Å². The topological polar surface area (TPSA) is 50.9 Å². The lowest BCUT2D eigenvalue weighted by Gasteiger charge is -2.39. The fourth-order valence-corrected chi connectivity index (χ4v) is 9.83. The van der Waals surface area contributed by atoms with Crippen molar-refractivity contribution < 1.29 is 14.7 Å². The molecule has 4 heteroatoms. The van der Waals surface area contributed by atoms with Gasteiger partial charge >= 0.3 is 0 Å². The lowest BCUT2D eigenvalue weighted by atomic mass is 9.66. The van der Waals surface area contributed by atoms with E-state index in [4.69, 9.17) is 19.6 Å². The van der Waals surface area contributed by atoms with Crippen LogP contribution in [0.2, 0.25) is 0 Å². The average Bonchev–Trinajstić information content (AvgIpc) is 3.69. The quantitative estimate of drug-likeness (QED) is 0.149. The van der Waals surface area contributed by atoms with Gasteiger partial charge in [0, 0.05) is 26.9 Å². The summed E-state index contributed by atoms with van der Waals surface area (Å²) in [6.45, 7) is 18.8. The van der Waals surface area contributed by atoms with E-state index >= 15 is 0 Å². The van der Waals surface area contributed by atoms with Crippen LogP contribution in [0.4, 0.5) is 0 Å². The Morgan fingerprint density at radius 1 is 0.703 bits per heavy atom. The van der Waals surface area contributed by atoms with Crippen molar-refractivity contribution >= 4 is 11.0 Å². The molecule has 0 amide bonds. The summed E-state index contributed by atoms with van der Waals surface area (Å²) in [6.07, 6.45) is 4.54. The van der Waals surface area contributed by atoms with E-state index in [-0.39, 0.29) is 46.0 Å². The number of imidazole rings is 1. The Bertz CT molecular complexity index is 3070. The summed E-state index contributed by atoms with van der Waals surface area (Å²) in [5.41, 5.74) is 11.7. The molecule has 8 rings (SSSR count). The molecule has 332 valence electrons. The molecule has 0 saturated heterocycles. The Morgan fingerprint density at radius 2 is 1.45 bits per heavy atom. The lowest BCUT2D eigenvalue weighted by molar-refractivity contribution is 0.158. The second kappa shape index (κ2) is 17.8. The van der Waals surface area contributed by atoms with E-state index < -0.39 is 19.6 Å². The van der Waals surface area contributed by atoms with Gasteiger partial charge in [0.2, 0.25) is 0 Å². The van der Waals surface area contributed by atoms with Gasteiger partial charge in [0.05, 0.1) is 28.0 Å². The molecule has 1 saturated carbocycles. The van der Waals surface area contributed by atoms with Gasteiger partial charge in [-0.05, 0) is 167 Å². The van der Waals surface area contributed by atoms with Crippen molar-refractivity contribution in [2.24, 2.45) is 23.6 Å². The molecule has 5 aromatic carbocycles. The fourth-order valence-electron chi connectivity index (χ4n) is 9.83. The van der Waals surface area contributed by atoms with Crippen molar-refractivity contribution in [3.8, 4) is 56.3 Å². The summed E-state index contributed by atoms with van der Waals surface area (Å²) in [6, 6.07) is 33.5. The molecular formula is C60H71N3O. The van der Waals surface area contributed by atoms with Crippen LogP contribution < -0.4 is 0 Å². The third kappa shape index (κ3) is 8.95. The van der Waals surface area contributed by atoms with Crippen LogP contribution in [0.3, 0.4) is 0 Å². The van der Waals surface area contributed by atoms with Crippen LogP contribution in [0.25, 0.3) is 61.6 Å². The third-order valence-electron chi connectivity index (χ3n) is 14.0. The van der Waals surface area contributed by atoms with Gasteiger partial charge in [-0.25, -0.2) is 4.98 Å². The van der Waals surface area contributed by atoms with E-state index in [0.717, 1.165) is 75.0 Å². The second-order valence-corrected chi connectivity index (χ2v) is 20.8. The highest BCUT2D eigenvalue weighted by atomic mass is 16.3. The van der Waals surface area contributed by atoms with Crippen LogP contribution in [0.15, 0.2) is 109 Å². The first-order valence-electron chi connectivity index (χ1n) is 26.9. The molecule has 1 aliphatic rings. The zero-order chi connectivity index (χ0) is 51.7. The first kappa shape index (κ1) is 36.8. The summed E-state index contributed by atoms with van der Waals surface area (Å²) in [5, 5.41) is 12.3. The van der Waals surface area contributed by atoms with Gasteiger partial charge in [-0.15, -0.1) is 0 Å². The SMILES string of the molecule is [2H]C([2H])([2H])c1ccc(-c2ccnc(-c3cc(-c4cccc5c4nc(-c4cc(C(C)C)cc(C(C)C)c4O)n5-c4ccc(C5CC(C(C)C)CC(C([2H])(C)C)C5)cc4C([2H])([2H])[2H])cc(C(C)(C)C)c3)c2)cc1. The van der Waals surface area contributed by atoms with Crippen molar-refractivity contribution in [3.63, 3.8) is 0 Å². The molecule has 3 unspecified atom stereocenters. The molecule has 1 N–H and O–H groups in total. The zero-order valence-corrected chi connectivity index (χ0v) is 39.8. The monoisotopic (exact) mass is 857 g/mol. The molecule has 64 heavy (non-hydrogen) atoms. The van der Waals surface area contributed by atoms with Gasteiger partial charge in [0.15, 0.2) is 0 Å². The number of nitrogens with zero attached hydrogens (tertiary/aromatic N) is 3. The molecule has 2 aromatic heterocycles. The number of aryl methyl sites for hydroxylation is 2. The number of pyridine rings is 1. The Morgan fingerprint density at radius 3 is 2.12 bits per heavy atom. The maximum absolute atomic E-state index is 12.3. The summed E-state index contributed by atoms with van der Waals surface area (Å²) in [5.74, 6) is 1.24. The fraction of sp³-hybridized carbons (Fsp3) is 0.400. The average molecular weight is 857 g/mol. The van der Waals surface area contributed by atoms with Gasteiger partial charge in [-0.1, -0.05) is 142 Å². The van der Waals surface area contributed by atoms with Crippen LogP contribution in [0.5, 0.6) is 5.75 Å². The Hall–Kier alpha value is -5.48. The number of fused-ring (bicyclic) bond motifs is 1. The minimum Gasteiger partial charge on any atom is -0.507 e. The molecule has 3 atom stereocenters. The predicted octanol–water partition coefficient (Wildman–Crippen LogP) is 16.8. The number of aromatic hydroxyl groups is 1. The van der Waals surface area contributed by atoms with Gasteiger partial charge in [-0.2, -0.15) is 0 Å². The smallest absolute Gasteiger partial charge is 0.149 e. The largest absolute Gasteiger partial charge is 0.507 e. The van der Waals surface area contributed by atoms with E-state index in [2.05, 4.69) is 98.7 Å². The molecule has 0 aliphatic heterocycles. The Kier molecular flexibility index (Phi) is 10.3. The number of hydrogen-bond donors (Lipinski definition) is 1. The number of hydrogen-bond acceptors (Lipinski definition) is 3. The highest BCUT2D eigenvalue weighted by Crippen LogP contribution is 2.47. The summed E-state index contributed by atoms with van der Waals surface area (Å²) >= 11 is 0. The first-order valence-corrected chi connectivity index (χ1v) is 23.4. The van der Waals surface area contributed by atoms with E-state index in [1.54, 1.807) is 18.3 Å². The number of phenolic OH excluding ortho intramolecular Hbond substituents is 1. The van der Waals surface area contributed by atoms with Gasteiger partial charge in [0.1, 0.15) is 11.6 Å². The van der Waals surface area contributed by atoms with Crippen LogP contribution >= 0.6 is 0 Å². The number of para-hydroxylation sites is 1. The van der Waals surface area contributed by atoms with Crippen molar-refractivity contribution in [1.82, 2.24) is 14.5 Å². The summed E-state index contributed by atoms with van der Waals surface area (Å²) in [4.78, 5) is 10.4. The summed E-state index contributed by atoms with van der Waals surface area (Å²) < 4.78 is 62.0. The zero-order valence-electron chi connectivity index (χ0n) is 46.8. The van der Waals surface area contributed by atoms with E-state index in [1.807, 2.05) is 73.0 Å². The van der Waals surface area contributed by atoms with Gasteiger partial charge in [-0.3, -0.25) is 9.55 Å². The molecule has 7 aromatic rings. The number of rotatable bonds is 10. The third-order valence-corrected chi connectivity index (χ3v) is 14.0. The summed E-state index contributed by atoms with van der Waals surface area (Å²) in [7, 11) is 0. The molecule has 1 fully saturated rings. The van der Waals surface area contributed by atoms with E-state index in [9.17, 15) is 5.11 Å². The van der Waals surface area contributed by atoms with Crippen molar-refractivity contribution in [2.45, 2.75) is 132 Å². The highest BCUT2D eigenvalue weighted by Gasteiger charge is 2.33. The number of phenols is 1. The molecule has 1 aliphatic carbocycles. The highest BCUT2D eigenvalue weighted by molar-refractivity contribution is 5.97. The maximum Gasteiger partial charge on any atom is 0.149 e. The van der Waals surface area contributed by atoms with Crippen molar-refractivity contribution in [2.75, 3.05) is 0 Å². The number of aromatic nitrogens is 3. The minimum atomic E-state index is -2.50. The first-order chi connectivity index (χ1) is 33.1. The predicted molar refractivity (Wildman–Crippen MR) is 272 cm³/mol. The maximum atomic E-state index is 12.3. The van der Waals surface area contributed by atoms with Crippen LogP contribution in [0, 0.1) is 37.4 Å². The molecular weight excluding hydrogens is 779 g/mol. The molecule has 4 nitrogen and oxygen atoms in total. The minimum absolute atomic E-state index is 0.0000336. The van der Waals surface area contributed by atoms with Gasteiger partial charge < -0.3 is 5.11 Å². The second-order valence-electron chi connectivity index (χ2n) is 20.8. The Balaban J connectivity index is 1.37. The van der Waals surface area contributed by atoms with Crippen molar-refractivity contribution in [3.05, 3.63) is 143 Å². The molecule has 0 bridgehead atoms. The van der Waals surface area contributed by atoms with E-state index in [0.29, 0.717) is 39.9 Å². The lowest BCUT2D eigenvalue weighted by Crippen LogP contribution is -2.27.